The highest BCUT2D eigenvalue weighted by molar-refractivity contribution is 6.11. The third-order valence-electron chi connectivity index (χ3n) is 8.66. The number of hydrogen-bond acceptors (Lipinski definition) is 2. The van der Waals surface area contributed by atoms with Gasteiger partial charge in [-0.25, -0.2) is 0 Å². The zero-order chi connectivity index (χ0) is 25.6. The van der Waals surface area contributed by atoms with Crippen LogP contribution in [0.3, 0.4) is 0 Å². The standard InChI is InChI=1S/C37H23NO/c1-2-12-24(13-3-1)38-32-20-10-9-19-31(32)37(29-17-7-4-14-25(29)26-15-5-8-18-30(26)37)35-33(38)23-22-28-27-16-6-11-21-34(27)39-36(28)35/h1-23H. The number of hydrogen-bond donors (Lipinski definition) is 0. The second kappa shape index (κ2) is 7.49. The number of nitrogens with zero attached hydrogens (tertiary/aromatic N) is 1. The topological polar surface area (TPSA) is 16.4 Å². The first-order chi connectivity index (χ1) is 19.4. The molecule has 2 aliphatic rings. The van der Waals surface area contributed by atoms with Crippen molar-refractivity contribution in [2.24, 2.45) is 0 Å². The van der Waals surface area contributed by atoms with Crippen LogP contribution in [0.15, 0.2) is 144 Å². The molecule has 0 unspecified atom stereocenters. The molecular weight excluding hydrogens is 474 g/mol. The number of rotatable bonds is 1. The smallest absolute Gasteiger partial charge is 0.142 e. The molecular formula is C37H23NO. The van der Waals surface area contributed by atoms with Crippen LogP contribution < -0.4 is 4.90 Å². The van der Waals surface area contributed by atoms with Crippen molar-refractivity contribution in [3.8, 4) is 11.1 Å². The number of anilines is 3. The largest absolute Gasteiger partial charge is 0.456 e. The summed E-state index contributed by atoms with van der Waals surface area (Å²) in [4.78, 5) is 2.41. The fourth-order valence-corrected chi connectivity index (χ4v) is 7.23. The lowest BCUT2D eigenvalue weighted by atomic mass is 9.64. The zero-order valence-corrected chi connectivity index (χ0v) is 21.1. The Kier molecular flexibility index (Phi) is 4.02. The molecule has 6 aromatic carbocycles. The van der Waals surface area contributed by atoms with Gasteiger partial charge in [0.15, 0.2) is 0 Å². The second-order valence-corrected chi connectivity index (χ2v) is 10.5. The Morgan fingerprint density at radius 3 is 1.85 bits per heavy atom. The van der Waals surface area contributed by atoms with Crippen molar-refractivity contribution in [2.45, 2.75) is 5.41 Å². The van der Waals surface area contributed by atoms with Crippen molar-refractivity contribution in [3.63, 3.8) is 0 Å². The molecule has 0 bridgehead atoms. The molecule has 1 aromatic heterocycles. The molecule has 2 heteroatoms. The fourth-order valence-electron chi connectivity index (χ4n) is 7.23. The summed E-state index contributed by atoms with van der Waals surface area (Å²) in [5.74, 6) is 0. The van der Waals surface area contributed by atoms with Crippen molar-refractivity contribution in [3.05, 3.63) is 162 Å². The summed E-state index contributed by atoms with van der Waals surface area (Å²) in [7, 11) is 0. The lowest BCUT2D eigenvalue weighted by molar-refractivity contribution is 0.646. The summed E-state index contributed by atoms with van der Waals surface area (Å²) in [6.45, 7) is 0. The van der Waals surface area contributed by atoms with Crippen LogP contribution in [0.2, 0.25) is 0 Å². The van der Waals surface area contributed by atoms with Crippen LogP contribution in [0.5, 0.6) is 0 Å². The fraction of sp³-hybridized carbons (Fsp3) is 0.0270. The molecule has 0 radical (unpaired) electrons. The Bertz CT molecular complexity index is 2040. The van der Waals surface area contributed by atoms with Crippen LogP contribution >= 0.6 is 0 Å². The van der Waals surface area contributed by atoms with Gasteiger partial charge in [-0.3, -0.25) is 0 Å². The molecule has 9 rings (SSSR count). The minimum atomic E-state index is -0.516. The van der Waals surface area contributed by atoms with Gasteiger partial charge in [-0.2, -0.15) is 0 Å². The molecule has 0 fully saturated rings. The molecule has 0 saturated carbocycles. The molecule has 1 aliphatic carbocycles. The molecule has 182 valence electrons. The predicted octanol–water partition coefficient (Wildman–Crippen LogP) is 9.73. The van der Waals surface area contributed by atoms with E-state index < -0.39 is 5.41 Å². The van der Waals surface area contributed by atoms with E-state index in [0.717, 1.165) is 33.3 Å². The molecule has 7 aromatic rings. The van der Waals surface area contributed by atoms with Gasteiger partial charge in [0.1, 0.15) is 11.2 Å². The summed E-state index contributed by atoms with van der Waals surface area (Å²) in [5.41, 5.74) is 12.5. The van der Waals surface area contributed by atoms with Crippen molar-refractivity contribution < 1.29 is 4.42 Å². The molecule has 0 N–H and O–H groups in total. The van der Waals surface area contributed by atoms with Gasteiger partial charge in [0.05, 0.1) is 16.8 Å². The molecule has 0 amide bonds. The molecule has 1 aliphatic heterocycles. The van der Waals surface area contributed by atoms with E-state index in [4.69, 9.17) is 4.42 Å². The third kappa shape index (κ3) is 2.51. The zero-order valence-electron chi connectivity index (χ0n) is 21.1. The lowest BCUT2D eigenvalue weighted by Gasteiger charge is -2.44. The molecule has 0 saturated heterocycles. The van der Waals surface area contributed by atoms with E-state index in [1.165, 1.54) is 39.1 Å². The van der Waals surface area contributed by atoms with E-state index in [1.807, 2.05) is 0 Å². The van der Waals surface area contributed by atoms with E-state index in [9.17, 15) is 0 Å². The average molecular weight is 498 g/mol. The van der Waals surface area contributed by atoms with Gasteiger partial charge in [0, 0.05) is 22.0 Å². The monoisotopic (exact) mass is 497 g/mol. The molecule has 2 heterocycles. The van der Waals surface area contributed by atoms with Gasteiger partial charge in [0.2, 0.25) is 0 Å². The number of benzene rings is 6. The average Bonchev–Trinajstić information content (AvgIpc) is 3.52. The summed E-state index contributed by atoms with van der Waals surface area (Å²) in [6, 6.07) is 50.4. The van der Waals surface area contributed by atoms with Gasteiger partial charge in [-0.15, -0.1) is 0 Å². The van der Waals surface area contributed by atoms with Gasteiger partial charge in [-0.1, -0.05) is 103 Å². The number of furan rings is 1. The maximum atomic E-state index is 6.84. The third-order valence-corrected chi connectivity index (χ3v) is 8.66. The first kappa shape index (κ1) is 20.9. The molecule has 39 heavy (non-hydrogen) atoms. The highest BCUT2D eigenvalue weighted by Gasteiger charge is 2.53. The van der Waals surface area contributed by atoms with Gasteiger partial charge >= 0.3 is 0 Å². The maximum Gasteiger partial charge on any atom is 0.142 e. The van der Waals surface area contributed by atoms with E-state index in [-0.39, 0.29) is 0 Å². The minimum absolute atomic E-state index is 0.516. The maximum absolute atomic E-state index is 6.84. The van der Waals surface area contributed by atoms with E-state index in [2.05, 4.69) is 144 Å². The van der Waals surface area contributed by atoms with Crippen LogP contribution in [0.1, 0.15) is 22.3 Å². The summed E-state index contributed by atoms with van der Waals surface area (Å²) < 4.78 is 6.84. The van der Waals surface area contributed by atoms with Crippen molar-refractivity contribution in [1.82, 2.24) is 0 Å². The van der Waals surface area contributed by atoms with Gasteiger partial charge in [-0.05, 0) is 64.2 Å². The number of para-hydroxylation sites is 3. The highest BCUT2D eigenvalue weighted by atomic mass is 16.3. The normalized spacial score (nSPS) is 14.3. The van der Waals surface area contributed by atoms with Crippen molar-refractivity contribution in [2.75, 3.05) is 4.90 Å². The lowest BCUT2D eigenvalue weighted by Crippen LogP contribution is -2.36. The highest BCUT2D eigenvalue weighted by Crippen LogP contribution is 2.64. The summed E-state index contributed by atoms with van der Waals surface area (Å²) in [5, 5.41) is 2.30. The van der Waals surface area contributed by atoms with E-state index in [0.29, 0.717) is 0 Å². The Hall–Kier alpha value is -5.08. The summed E-state index contributed by atoms with van der Waals surface area (Å²) in [6.07, 6.45) is 0. The second-order valence-electron chi connectivity index (χ2n) is 10.5. The predicted molar refractivity (Wildman–Crippen MR) is 159 cm³/mol. The van der Waals surface area contributed by atoms with Crippen molar-refractivity contribution in [1.29, 1.82) is 0 Å². The van der Waals surface area contributed by atoms with Crippen LogP contribution in [-0.2, 0) is 5.41 Å². The van der Waals surface area contributed by atoms with Crippen LogP contribution in [0.4, 0.5) is 17.1 Å². The van der Waals surface area contributed by atoms with E-state index >= 15 is 0 Å². The van der Waals surface area contributed by atoms with Crippen LogP contribution in [0, 0.1) is 0 Å². The molecule has 1 spiro atoms. The Balaban J connectivity index is 1.55. The van der Waals surface area contributed by atoms with Crippen LogP contribution in [0.25, 0.3) is 33.1 Å². The Morgan fingerprint density at radius 2 is 1.08 bits per heavy atom. The first-order valence-corrected chi connectivity index (χ1v) is 13.5. The van der Waals surface area contributed by atoms with E-state index in [1.54, 1.807) is 0 Å². The Labute approximate surface area is 226 Å². The Morgan fingerprint density at radius 1 is 0.462 bits per heavy atom. The van der Waals surface area contributed by atoms with Crippen LogP contribution in [-0.4, -0.2) is 0 Å². The SMILES string of the molecule is c1ccc(N2c3ccccc3C3(c4ccccc4-c4ccccc43)c3c2ccc2c3oc3ccccc32)cc1. The minimum Gasteiger partial charge on any atom is -0.456 e. The summed E-state index contributed by atoms with van der Waals surface area (Å²) >= 11 is 0. The van der Waals surface area contributed by atoms with Gasteiger partial charge < -0.3 is 9.32 Å². The van der Waals surface area contributed by atoms with Gasteiger partial charge in [0.25, 0.3) is 0 Å². The molecule has 0 atom stereocenters. The van der Waals surface area contributed by atoms with Crippen molar-refractivity contribution >= 4 is 39.0 Å². The molecule has 2 nitrogen and oxygen atoms in total. The number of fused-ring (bicyclic) bond motifs is 13. The first-order valence-electron chi connectivity index (χ1n) is 13.5. The quantitative estimate of drug-likeness (QED) is 0.224.